The lowest BCUT2D eigenvalue weighted by Gasteiger charge is -2.00. The molecule has 1 fully saturated rings. The standard InChI is InChI=1S/C18H19N5OS2/c1-2-11-3-5-12(6-4-11)14-9-25-17(19-14)20-15(24)10-26-18-21-16(22-23-18)13-7-8-13/h3-6,9,13H,2,7-8,10H2,1H3,(H,19,20,24)(H,21,22,23). The highest BCUT2D eigenvalue weighted by molar-refractivity contribution is 7.99. The van der Waals surface area contributed by atoms with E-state index in [1.54, 1.807) is 0 Å². The van der Waals surface area contributed by atoms with Crippen molar-refractivity contribution in [2.75, 3.05) is 11.1 Å². The van der Waals surface area contributed by atoms with Gasteiger partial charge in [-0.1, -0.05) is 43.0 Å². The van der Waals surface area contributed by atoms with E-state index in [-0.39, 0.29) is 11.7 Å². The van der Waals surface area contributed by atoms with Crippen molar-refractivity contribution >= 4 is 34.1 Å². The minimum absolute atomic E-state index is 0.102. The largest absolute Gasteiger partial charge is 0.301 e. The molecule has 0 atom stereocenters. The molecule has 0 bridgehead atoms. The summed E-state index contributed by atoms with van der Waals surface area (Å²) in [4.78, 5) is 21.1. The molecule has 2 aromatic heterocycles. The summed E-state index contributed by atoms with van der Waals surface area (Å²) in [6, 6.07) is 8.35. The molecule has 0 unspecified atom stereocenters. The van der Waals surface area contributed by atoms with Crippen LogP contribution >= 0.6 is 23.1 Å². The molecule has 26 heavy (non-hydrogen) atoms. The van der Waals surface area contributed by atoms with Crippen LogP contribution in [-0.4, -0.2) is 31.8 Å². The number of amides is 1. The van der Waals surface area contributed by atoms with Crippen LogP contribution in [0, 0.1) is 0 Å². The topological polar surface area (TPSA) is 83.6 Å². The van der Waals surface area contributed by atoms with Gasteiger partial charge in [-0.3, -0.25) is 9.89 Å². The zero-order valence-electron chi connectivity index (χ0n) is 14.4. The summed E-state index contributed by atoms with van der Waals surface area (Å²) in [5.74, 6) is 1.63. The van der Waals surface area contributed by atoms with Crippen molar-refractivity contribution in [2.45, 2.75) is 37.3 Å². The Morgan fingerprint density at radius 1 is 1.31 bits per heavy atom. The highest BCUT2D eigenvalue weighted by atomic mass is 32.2. The van der Waals surface area contributed by atoms with Crippen LogP contribution in [0.5, 0.6) is 0 Å². The van der Waals surface area contributed by atoms with Crippen LogP contribution in [0.4, 0.5) is 5.13 Å². The summed E-state index contributed by atoms with van der Waals surface area (Å²) in [6.45, 7) is 2.13. The van der Waals surface area contributed by atoms with Gasteiger partial charge in [0.05, 0.1) is 11.4 Å². The predicted molar refractivity (Wildman–Crippen MR) is 105 cm³/mol. The van der Waals surface area contributed by atoms with Crippen LogP contribution in [0.3, 0.4) is 0 Å². The fraction of sp³-hybridized carbons (Fsp3) is 0.333. The number of hydrogen-bond donors (Lipinski definition) is 2. The third-order valence-corrected chi connectivity index (χ3v) is 5.79. The molecule has 1 aliphatic rings. The van der Waals surface area contributed by atoms with Crippen molar-refractivity contribution in [3.63, 3.8) is 0 Å². The van der Waals surface area contributed by atoms with E-state index in [2.05, 4.69) is 56.7 Å². The van der Waals surface area contributed by atoms with Gasteiger partial charge < -0.3 is 5.32 Å². The summed E-state index contributed by atoms with van der Waals surface area (Å²) in [6.07, 6.45) is 3.37. The Hall–Kier alpha value is -2.19. The van der Waals surface area contributed by atoms with Crippen molar-refractivity contribution in [1.29, 1.82) is 0 Å². The van der Waals surface area contributed by atoms with Gasteiger partial charge in [-0.15, -0.1) is 16.4 Å². The van der Waals surface area contributed by atoms with Crippen LogP contribution in [0.2, 0.25) is 0 Å². The van der Waals surface area contributed by atoms with E-state index in [4.69, 9.17) is 0 Å². The average molecular weight is 386 g/mol. The molecule has 8 heteroatoms. The Balaban J connectivity index is 1.31. The number of aryl methyl sites for hydroxylation is 1. The number of H-pyrrole nitrogens is 1. The number of rotatable bonds is 7. The number of nitrogens with one attached hydrogen (secondary N) is 2. The second kappa shape index (κ2) is 7.59. The van der Waals surface area contributed by atoms with Crippen molar-refractivity contribution in [3.05, 3.63) is 41.0 Å². The van der Waals surface area contributed by atoms with Crippen molar-refractivity contribution in [3.8, 4) is 11.3 Å². The number of aromatic nitrogens is 4. The monoisotopic (exact) mass is 385 g/mol. The molecule has 0 spiro atoms. The molecule has 2 heterocycles. The van der Waals surface area contributed by atoms with Gasteiger partial charge >= 0.3 is 0 Å². The fourth-order valence-corrected chi connectivity index (χ4v) is 3.86. The number of aromatic amines is 1. The molecule has 0 saturated heterocycles. The average Bonchev–Trinajstić information content (AvgIpc) is 3.23. The zero-order valence-corrected chi connectivity index (χ0v) is 16.0. The third-order valence-electron chi connectivity index (χ3n) is 4.19. The van der Waals surface area contributed by atoms with Gasteiger partial charge in [-0.2, -0.15) is 0 Å². The molecule has 1 amide bonds. The second-order valence-electron chi connectivity index (χ2n) is 6.20. The van der Waals surface area contributed by atoms with Crippen LogP contribution in [0.15, 0.2) is 34.8 Å². The number of hydrogen-bond acceptors (Lipinski definition) is 6. The highest BCUT2D eigenvalue weighted by Gasteiger charge is 2.27. The van der Waals surface area contributed by atoms with Gasteiger partial charge in [-0.25, -0.2) is 9.97 Å². The summed E-state index contributed by atoms with van der Waals surface area (Å²) in [5, 5.41) is 13.1. The van der Waals surface area contributed by atoms with Crippen LogP contribution in [-0.2, 0) is 11.2 Å². The first-order valence-electron chi connectivity index (χ1n) is 8.61. The Labute approximate surface area is 159 Å². The SMILES string of the molecule is CCc1ccc(-c2csc(NC(=O)CSc3n[nH]c(C4CC4)n3)n2)cc1. The van der Waals surface area contributed by atoms with Gasteiger partial charge in [-0.05, 0) is 24.8 Å². The summed E-state index contributed by atoms with van der Waals surface area (Å²) >= 11 is 2.76. The molecular weight excluding hydrogens is 366 g/mol. The zero-order chi connectivity index (χ0) is 17.9. The lowest BCUT2D eigenvalue weighted by molar-refractivity contribution is -0.113. The Morgan fingerprint density at radius 2 is 2.12 bits per heavy atom. The first kappa shape index (κ1) is 17.2. The Kier molecular flexibility index (Phi) is 5.03. The molecule has 2 N–H and O–H groups in total. The van der Waals surface area contributed by atoms with Crippen molar-refractivity contribution in [2.24, 2.45) is 0 Å². The maximum Gasteiger partial charge on any atom is 0.236 e. The van der Waals surface area contributed by atoms with Gasteiger partial charge in [0.15, 0.2) is 5.13 Å². The number of thioether (sulfide) groups is 1. The Bertz CT molecular complexity index is 898. The normalized spacial score (nSPS) is 13.7. The molecule has 3 aromatic rings. The van der Waals surface area contributed by atoms with Crippen LogP contribution < -0.4 is 5.32 Å². The van der Waals surface area contributed by atoms with Crippen LogP contribution in [0.25, 0.3) is 11.3 Å². The number of thiazole rings is 1. The predicted octanol–water partition coefficient (Wildman–Crippen LogP) is 4.10. The smallest absolute Gasteiger partial charge is 0.236 e. The van der Waals surface area contributed by atoms with E-state index in [1.165, 1.54) is 41.5 Å². The Morgan fingerprint density at radius 3 is 2.85 bits per heavy atom. The van der Waals surface area contributed by atoms with Crippen LogP contribution in [0.1, 0.15) is 37.1 Å². The molecule has 4 rings (SSSR count). The van der Waals surface area contributed by atoms with E-state index in [0.717, 1.165) is 23.5 Å². The van der Waals surface area contributed by atoms with Crippen molar-refractivity contribution < 1.29 is 4.79 Å². The summed E-state index contributed by atoms with van der Waals surface area (Å²) in [7, 11) is 0. The lowest BCUT2D eigenvalue weighted by atomic mass is 10.1. The van der Waals surface area contributed by atoms with E-state index in [9.17, 15) is 4.79 Å². The van der Waals surface area contributed by atoms with E-state index in [0.29, 0.717) is 16.2 Å². The number of carbonyl (C=O) groups is 1. The summed E-state index contributed by atoms with van der Waals surface area (Å²) < 4.78 is 0. The molecule has 6 nitrogen and oxygen atoms in total. The maximum atomic E-state index is 12.1. The molecular formula is C18H19N5OS2. The number of benzene rings is 1. The molecule has 0 aliphatic heterocycles. The number of anilines is 1. The molecule has 134 valence electrons. The highest BCUT2D eigenvalue weighted by Crippen LogP contribution is 2.38. The van der Waals surface area contributed by atoms with E-state index >= 15 is 0 Å². The quantitative estimate of drug-likeness (QED) is 0.598. The summed E-state index contributed by atoms with van der Waals surface area (Å²) in [5.41, 5.74) is 3.23. The number of nitrogens with zero attached hydrogens (tertiary/aromatic N) is 3. The second-order valence-corrected chi connectivity index (χ2v) is 8.00. The molecule has 0 radical (unpaired) electrons. The molecule has 1 aliphatic carbocycles. The van der Waals surface area contributed by atoms with Gasteiger partial charge in [0.25, 0.3) is 0 Å². The first-order valence-corrected chi connectivity index (χ1v) is 10.5. The van der Waals surface area contributed by atoms with Gasteiger partial charge in [0.1, 0.15) is 5.82 Å². The van der Waals surface area contributed by atoms with Crippen molar-refractivity contribution in [1.82, 2.24) is 20.2 Å². The number of carbonyl (C=O) groups excluding carboxylic acids is 1. The minimum atomic E-state index is -0.102. The fourth-order valence-electron chi connectivity index (χ4n) is 2.52. The van der Waals surface area contributed by atoms with Gasteiger partial charge in [0, 0.05) is 16.9 Å². The third kappa shape index (κ3) is 4.13. The van der Waals surface area contributed by atoms with E-state index < -0.39 is 0 Å². The van der Waals surface area contributed by atoms with Gasteiger partial charge in [0.2, 0.25) is 11.1 Å². The molecule has 1 aromatic carbocycles. The lowest BCUT2D eigenvalue weighted by Crippen LogP contribution is -2.13. The minimum Gasteiger partial charge on any atom is -0.301 e. The van der Waals surface area contributed by atoms with E-state index in [1.807, 2.05) is 5.38 Å². The first-order chi connectivity index (χ1) is 12.7. The maximum absolute atomic E-state index is 12.1. The molecule has 1 saturated carbocycles.